The molecule has 1 aromatic carbocycles. The fourth-order valence-electron chi connectivity index (χ4n) is 3.86. The molecule has 0 spiro atoms. The largest absolute Gasteiger partial charge is 0.335 e. The van der Waals surface area contributed by atoms with E-state index in [2.05, 4.69) is 5.32 Å². The monoisotopic (exact) mass is 353 g/mol. The lowest BCUT2D eigenvalue weighted by Crippen LogP contribution is -2.47. The van der Waals surface area contributed by atoms with Crippen molar-refractivity contribution in [1.82, 2.24) is 10.2 Å². The standard InChI is InChI=1S/C18H25F2N3O2/c19-16-7-3-6-15(17(16)20)12-8-9-14(25-21)11-23(10-12)18(24)22-13-4-1-2-5-13/h3,6-7,12-14H,1-2,4-5,8-11,21H2,(H,22,24)/t12-,14-/m1/s1. The maximum absolute atomic E-state index is 14.2. The Morgan fingerprint density at radius 1 is 1.16 bits per heavy atom. The number of carbonyl (C=O) groups is 1. The van der Waals surface area contributed by atoms with Crippen molar-refractivity contribution in [2.24, 2.45) is 5.90 Å². The molecule has 5 nitrogen and oxygen atoms in total. The molecule has 0 aromatic heterocycles. The SMILES string of the molecule is NO[C@@H]1CC[C@@H](c2cccc(F)c2F)CN(C(=O)NC2CCCC2)C1. The molecule has 1 aromatic rings. The Morgan fingerprint density at radius 3 is 2.64 bits per heavy atom. The Balaban J connectivity index is 1.76. The summed E-state index contributed by atoms with van der Waals surface area (Å²) in [5, 5.41) is 3.04. The highest BCUT2D eigenvalue weighted by Gasteiger charge is 2.31. The number of hydrogen-bond donors (Lipinski definition) is 2. The van der Waals surface area contributed by atoms with Crippen LogP contribution >= 0.6 is 0 Å². The zero-order valence-electron chi connectivity index (χ0n) is 14.2. The van der Waals surface area contributed by atoms with Crippen molar-refractivity contribution in [2.75, 3.05) is 13.1 Å². The quantitative estimate of drug-likeness (QED) is 0.821. The van der Waals surface area contributed by atoms with Gasteiger partial charge in [0.2, 0.25) is 0 Å². The van der Waals surface area contributed by atoms with Crippen molar-refractivity contribution < 1.29 is 18.4 Å². The van der Waals surface area contributed by atoms with Crippen molar-refractivity contribution in [2.45, 2.75) is 56.6 Å². The van der Waals surface area contributed by atoms with Crippen LogP contribution in [0.15, 0.2) is 18.2 Å². The van der Waals surface area contributed by atoms with Gasteiger partial charge in [-0.05, 0) is 37.3 Å². The third-order valence-electron chi connectivity index (χ3n) is 5.29. The first-order valence-electron chi connectivity index (χ1n) is 8.93. The predicted molar refractivity (Wildman–Crippen MR) is 89.8 cm³/mol. The second-order valence-electron chi connectivity index (χ2n) is 7.01. The molecular formula is C18H25F2N3O2. The Morgan fingerprint density at radius 2 is 1.92 bits per heavy atom. The van der Waals surface area contributed by atoms with Gasteiger partial charge in [0.1, 0.15) is 0 Å². The first-order chi connectivity index (χ1) is 12.1. The maximum atomic E-state index is 14.2. The molecule has 2 aliphatic rings. The first-order valence-corrected chi connectivity index (χ1v) is 8.93. The number of urea groups is 1. The van der Waals surface area contributed by atoms with E-state index in [0.29, 0.717) is 31.5 Å². The topological polar surface area (TPSA) is 67.6 Å². The molecule has 0 bridgehead atoms. The van der Waals surface area contributed by atoms with Gasteiger partial charge in [-0.15, -0.1) is 0 Å². The number of hydrogen-bond acceptors (Lipinski definition) is 3. The van der Waals surface area contributed by atoms with Gasteiger partial charge in [0.15, 0.2) is 11.6 Å². The number of carbonyl (C=O) groups excluding carboxylic acids is 1. The van der Waals surface area contributed by atoms with Crippen molar-refractivity contribution >= 4 is 6.03 Å². The molecule has 1 heterocycles. The van der Waals surface area contributed by atoms with Crippen LogP contribution in [0.3, 0.4) is 0 Å². The average Bonchev–Trinajstić information content (AvgIpc) is 3.01. The lowest BCUT2D eigenvalue weighted by molar-refractivity contribution is 0.0344. The first kappa shape index (κ1) is 18.1. The van der Waals surface area contributed by atoms with Gasteiger partial charge in [-0.1, -0.05) is 25.0 Å². The molecule has 2 atom stereocenters. The van der Waals surface area contributed by atoms with Crippen molar-refractivity contribution in [3.05, 3.63) is 35.4 Å². The number of rotatable bonds is 3. The second kappa shape index (κ2) is 8.10. The molecular weight excluding hydrogens is 328 g/mol. The highest BCUT2D eigenvalue weighted by molar-refractivity contribution is 5.74. The Hall–Kier alpha value is -1.73. The summed E-state index contributed by atoms with van der Waals surface area (Å²) in [5.74, 6) is 3.35. The number of nitrogens with zero attached hydrogens (tertiary/aromatic N) is 1. The number of amides is 2. The van der Waals surface area contributed by atoms with E-state index < -0.39 is 11.6 Å². The number of nitrogens with two attached hydrogens (primary N) is 1. The van der Waals surface area contributed by atoms with E-state index in [1.54, 1.807) is 11.0 Å². The van der Waals surface area contributed by atoms with Crippen molar-refractivity contribution in [1.29, 1.82) is 0 Å². The maximum Gasteiger partial charge on any atom is 0.317 e. The van der Waals surface area contributed by atoms with Crippen molar-refractivity contribution in [3.63, 3.8) is 0 Å². The zero-order valence-corrected chi connectivity index (χ0v) is 14.2. The summed E-state index contributed by atoms with van der Waals surface area (Å²) in [6, 6.07) is 4.19. The van der Waals surface area contributed by atoms with Crippen LogP contribution in [0.5, 0.6) is 0 Å². The van der Waals surface area contributed by atoms with E-state index in [0.717, 1.165) is 31.7 Å². The zero-order chi connectivity index (χ0) is 17.8. The van der Waals surface area contributed by atoms with E-state index in [9.17, 15) is 13.6 Å². The van der Waals surface area contributed by atoms with Crippen LogP contribution in [0.2, 0.25) is 0 Å². The van der Waals surface area contributed by atoms with Gasteiger partial charge in [-0.3, -0.25) is 4.84 Å². The lowest BCUT2D eigenvalue weighted by atomic mass is 9.93. The van der Waals surface area contributed by atoms with Gasteiger partial charge in [0.25, 0.3) is 0 Å². The van der Waals surface area contributed by atoms with Crippen LogP contribution in [-0.2, 0) is 4.84 Å². The Labute approximate surface area is 146 Å². The molecule has 138 valence electrons. The number of halogens is 2. The average molecular weight is 353 g/mol. The molecule has 3 N–H and O–H groups in total. The van der Waals surface area contributed by atoms with Gasteiger partial charge in [0, 0.05) is 18.5 Å². The van der Waals surface area contributed by atoms with Crippen molar-refractivity contribution in [3.8, 4) is 0 Å². The Kier molecular flexibility index (Phi) is 5.86. The summed E-state index contributed by atoms with van der Waals surface area (Å²) in [5.41, 5.74) is 0.302. The summed E-state index contributed by atoms with van der Waals surface area (Å²) in [6.07, 6.45) is 5.07. The van der Waals surface area contributed by atoms with Crippen LogP contribution in [0.1, 0.15) is 50.0 Å². The van der Waals surface area contributed by atoms with E-state index >= 15 is 0 Å². The molecule has 7 heteroatoms. The molecule has 1 aliphatic carbocycles. The van der Waals surface area contributed by atoms with Gasteiger partial charge in [-0.25, -0.2) is 19.5 Å². The van der Waals surface area contributed by atoms with Crippen LogP contribution in [0.4, 0.5) is 13.6 Å². The van der Waals surface area contributed by atoms with Crippen LogP contribution < -0.4 is 11.2 Å². The molecule has 1 saturated carbocycles. The minimum Gasteiger partial charge on any atom is -0.335 e. The Bertz CT molecular complexity index is 608. The van der Waals surface area contributed by atoms with Crippen LogP contribution in [0.25, 0.3) is 0 Å². The molecule has 3 rings (SSSR count). The summed E-state index contributed by atoms with van der Waals surface area (Å²) in [4.78, 5) is 19.2. The van der Waals surface area contributed by atoms with Gasteiger partial charge >= 0.3 is 6.03 Å². The minimum atomic E-state index is -0.865. The second-order valence-corrected chi connectivity index (χ2v) is 7.01. The fourth-order valence-corrected chi connectivity index (χ4v) is 3.86. The minimum absolute atomic E-state index is 0.183. The molecule has 0 unspecified atom stereocenters. The smallest absolute Gasteiger partial charge is 0.317 e. The van der Waals surface area contributed by atoms with E-state index in [4.69, 9.17) is 10.7 Å². The highest BCUT2D eigenvalue weighted by Crippen LogP contribution is 2.30. The predicted octanol–water partition coefficient (Wildman–Crippen LogP) is 3.06. The fraction of sp³-hybridized carbons (Fsp3) is 0.611. The highest BCUT2D eigenvalue weighted by atomic mass is 19.2. The third-order valence-corrected chi connectivity index (χ3v) is 5.29. The van der Waals surface area contributed by atoms with Gasteiger partial charge in [-0.2, -0.15) is 0 Å². The molecule has 1 saturated heterocycles. The molecule has 0 radical (unpaired) electrons. The number of benzene rings is 1. The molecule has 25 heavy (non-hydrogen) atoms. The summed E-state index contributed by atoms with van der Waals surface area (Å²) < 4.78 is 27.8. The molecule has 2 amide bonds. The van der Waals surface area contributed by atoms with Gasteiger partial charge < -0.3 is 10.2 Å². The van der Waals surface area contributed by atoms with E-state index in [1.807, 2.05) is 0 Å². The van der Waals surface area contributed by atoms with E-state index in [1.165, 1.54) is 6.07 Å². The summed E-state index contributed by atoms with van der Waals surface area (Å²) in [7, 11) is 0. The molecule has 1 aliphatic heterocycles. The molecule has 2 fully saturated rings. The summed E-state index contributed by atoms with van der Waals surface area (Å²) >= 11 is 0. The van der Waals surface area contributed by atoms with Crippen LogP contribution in [-0.4, -0.2) is 36.2 Å². The van der Waals surface area contributed by atoms with E-state index in [-0.39, 0.29) is 24.1 Å². The third kappa shape index (κ3) is 4.27. The number of nitrogens with one attached hydrogen (secondary N) is 1. The van der Waals surface area contributed by atoms with Crippen LogP contribution in [0, 0.1) is 11.6 Å². The normalized spacial score (nSPS) is 25.0. The number of likely N-dealkylation sites (tertiary alicyclic amines) is 1. The van der Waals surface area contributed by atoms with Gasteiger partial charge in [0.05, 0.1) is 12.6 Å². The summed E-state index contributed by atoms with van der Waals surface area (Å²) in [6.45, 7) is 0.668. The lowest BCUT2D eigenvalue weighted by Gasteiger charge is -2.27.